The lowest BCUT2D eigenvalue weighted by atomic mass is 10.1. The van der Waals surface area contributed by atoms with E-state index in [0.29, 0.717) is 45.1 Å². The molecule has 160 valence electrons. The number of aromatic nitrogens is 1. The number of aromatic amines is 1. The molecule has 1 aliphatic heterocycles. The topological polar surface area (TPSA) is 86.9 Å². The number of H-pyrrole nitrogens is 1. The molecule has 0 bridgehead atoms. The number of ether oxygens (including phenoxy) is 1. The molecule has 1 aliphatic rings. The van der Waals surface area contributed by atoms with Gasteiger partial charge in [-0.3, -0.25) is 4.99 Å². The fourth-order valence-electron chi connectivity index (χ4n) is 3.20. The molecule has 1 amide bonds. The van der Waals surface area contributed by atoms with Gasteiger partial charge >= 0.3 is 6.09 Å². The van der Waals surface area contributed by atoms with Crippen LogP contribution >= 0.6 is 24.0 Å². The molecule has 0 radical (unpaired) electrons. The number of piperazine rings is 1. The van der Waals surface area contributed by atoms with Gasteiger partial charge in [0.25, 0.3) is 0 Å². The van der Waals surface area contributed by atoms with Gasteiger partial charge in [0, 0.05) is 49.8 Å². The van der Waals surface area contributed by atoms with E-state index in [1.54, 1.807) is 11.0 Å². The van der Waals surface area contributed by atoms with E-state index in [9.17, 15) is 9.18 Å². The fraction of sp³-hybridized carbons (Fsp3) is 0.500. The Kier molecular flexibility index (Phi) is 7.73. The number of nitrogens with one attached hydrogen (secondary N) is 1. The highest BCUT2D eigenvalue weighted by Gasteiger charge is 2.26. The highest BCUT2D eigenvalue weighted by molar-refractivity contribution is 14.0. The van der Waals surface area contributed by atoms with Crippen LogP contribution in [0.2, 0.25) is 0 Å². The number of guanidine groups is 1. The summed E-state index contributed by atoms with van der Waals surface area (Å²) in [6, 6.07) is 4.72. The summed E-state index contributed by atoms with van der Waals surface area (Å²) < 4.78 is 18.7. The molecule has 0 saturated carbocycles. The van der Waals surface area contributed by atoms with Crippen molar-refractivity contribution >= 4 is 46.9 Å². The van der Waals surface area contributed by atoms with E-state index in [4.69, 9.17) is 10.5 Å². The van der Waals surface area contributed by atoms with Crippen molar-refractivity contribution in [2.24, 2.45) is 10.7 Å². The maximum atomic E-state index is 13.3. The Hall–Kier alpha value is -2.04. The first kappa shape index (κ1) is 23.2. The van der Waals surface area contributed by atoms with E-state index in [1.807, 2.05) is 31.9 Å². The third-order valence-electron chi connectivity index (χ3n) is 4.64. The molecule has 1 saturated heterocycles. The molecule has 1 fully saturated rings. The maximum Gasteiger partial charge on any atom is 0.410 e. The third-order valence-corrected chi connectivity index (χ3v) is 4.64. The number of nitrogens with two attached hydrogens (primary N) is 1. The molecule has 0 atom stereocenters. The first-order valence-corrected chi connectivity index (χ1v) is 9.51. The zero-order chi connectivity index (χ0) is 20.3. The van der Waals surface area contributed by atoms with Crippen LogP contribution in [-0.4, -0.2) is 65.2 Å². The first-order chi connectivity index (χ1) is 13.2. The molecule has 0 unspecified atom stereocenters. The SMILES string of the molecule is CC(C)(C)OC(=O)N1CCN(C(N)=NCCc2c[nH]c3cc(F)ccc23)CC1.I. The molecular formula is C20H29FIN5O2. The molecule has 0 aliphatic carbocycles. The van der Waals surface area contributed by atoms with Crippen LogP contribution in [-0.2, 0) is 11.2 Å². The first-order valence-electron chi connectivity index (χ1n) is 9.51. The number of carbonyl (C=O) groups excluding carboxylic acids is 1. The van der Waals surface area contributed by atoms with Gasteiger partial charge in [-0.1, -0.05) is 0 Å². The summed E-state index contributed by atoms with van der Waals surface area (Å²) in [6.07, 6.45) is 2.30. The van der Waals surface area contributed by atoms with Crippen molar-refractivity contribution < 1.29 is 13.9 Å². The van der Waals surface area contributed by atoms with E-state index in [2.05, 4.69) is 9.98 Å². The molecule has 2 aromatic rings. The molecule has 3 rings (SSSR count). The summed E-state index contributed by atoms with van der Waals surface area (Å²) in [5.41, 5.74) is 7.50. The molecule has 2 heterocycles. The number of hydrogen-bond acceptors (Lipinski definition) is 3. The molecule has 0 spiro atoms. The van der Waals surface area contributed by atoms with Crippen LogP contribution in [0.3, 0.4) is 0 Å². The van der Waals surface area contributed by atoms with Gasteiger partial charge in [0.15, 0.2) is 5.96 Å². The minimum Gasteiger partial charge on any atom is -0.444 e. The Labute approximate surface area is 187 Å². The largest absolute Gasteiger partial charge is 0.444 e. The van der Waals surface area contributed by atoms with Crippen molar-refractivity contribution in [3.63, 3.8) is 0 Å². The highest BCUT2D eigenvalue weighted by atomic mass is 127. The van der Waals surface area contributed by atoms with Crippen LogP contribution in [0.5, 0.6) is 0 Å². The van der Waals surface area contributed by atoms with Crippen molar-refractivity contribution in [2.45, 2.75) is 32.8 Å². The number of aliphatic imine (C=N–C) groups is 1. The summed E-state index contributed by atoms with van der Waals surface area (Å²) in [6.45, 7) is 8.48. The van der Waals surface area contributed by atoms with Crippen molar-refractivity contribution in [1.82, 2.24) is 14.8 Å². The lowest BCUT2D eigenvalue weighted by Gasteiger charge is -2.36. The zero-order valence-corrected chi connectivity index (χ0v) is 19.4. The number of amides is 1. The molecule has 7 nitrogen and oxygen atoms in total. The standard InChI is InChI=1S/C20H28FN5O2.HI/c1-20(2,3)28-19(27)26-10-8-25(9-11-26)18(22)23-7-6-14-13-24-17-12-15(21)4-5-16(14)17;/h4-5,12-13,24H,6-11H2,1-3H3,(H2,22,23);1H. The predicted octanol–water partition coefficient (Wildman–Crippen LogP) is 3.33. The number of carbonyl (C=O) groups is 1. The Bertz CT molecular complexity index is 869. The molecule has 29 heavy (non-hydrogen) atoms. The van der Waals surface area contributed by atoms with Gasteiger partial charge in [0.2, 0.25) is 0 Å². The Morgan fingerprint density at radius 2 is 1.90 bits per heavy atom. The van der Waals surface area contributed by atoms with E-state index in [1.165, 1.54) is 12.1 Å². The smallest absolute Gasteiger partial charge is 0.410 e. The van der Waals surface area contributed by atoms with E-state index in [-0.39, 0.29) is 35.9 Å². The number of fused-ring (bicyclic) bond motifs is 1. The van der Waals surface area contributed by atoms with Crippen LogP contribution in [0.4, 0.5) is 9.18 Å². The Balaban J connectivity index is 0.00000300. The second-order valence-corrected chi connectivity index (χ2v) is 7.95. The van der Waals surface area contributed by atoms with Crippen LogP contribution in [0, 0.1) is 5.82 Å². The fourth-order valence-corrected chi connectivity index (χ4v) is 3.20. The molecular weight excluding hydrogens is 488 g/mol. The maximum absolute atomic E-state index is 13.3. The molecule has 1 aromatic heterocycles. The number of halogens is 2. The summed E-state index contributed by atoms with van der Waals surface area (Å²) >= 11 is 0. The third kappa shape index (κ3) is 6.22. The molecule has 3 N–H and O–H groups in total. The Morgan fingerprint density at radius 3 is 2.55 bits per heavy atom. The van der Waals surface area contributed by atoms with E-state index < -0.39 is 5.60 Å². The number of benzene rings is 1. The molecule has 9 heteroatoms. The van der Waals surface area contributed by atoms with Gasteiger partial charge in [-0.05, 0) is 51.0 Å². The van der Waals surface area contributed by atoms with Crippen LogP contribution in [0.1, 0.15) is 26.3 Å². The zero-order valence-electron chi connectivity index (χ0n) is 17.1. The van der Waals surface area contributed by atoms with E-state index in [0.717, 1.165) is 16.5 Å². The van der Waals surface area contributed by atoms with Gasteiger partial charge in [-0.15, -0.1) is 24.0 Å². The number of nitrogens with zero attached hydrogens (tertiary/aromatic N) is 3. The number of hydrogen-bond donors (Lipinski definition) is 2. The predicted molar refractivity (Wildman–Crippen MR) is 123 cm³/mol. The second-order valence-electron chi connectivity index (χ2n) is 7.95. The van der Waals surface area contributed by atoms with Crippen molar-refractivity contribution in [2.75, 3.05) is 32.7 Å². The second kappa shape index (κ2) is 9.64. The Morgan fingerprint density at radius 1 is 1.24 bits per heavy atom. The summed E-state index contributed by atoms with van der Waals surface area (Å²) in [7, 11) is 0. The van der Waals surface area contributed by atoms with Crippen molar-refractivity contribution in [3.05, 3.63) is 35.8 Å². The summed E-state index contributed by atoms with van der Waals surface area (Å²) in [5, 5.41) is 1.00. The van der Waals surface area contributed by atoms with Gasteiger partial charge in [-0.2, -0.15) is 0 Å². The highest BCUT2D eigenvalue weighted by Crippen LogP contribution is 2.19. The summed E-state index contributed by atoms with van der Waals surface area (Å²) in [4.78, 5) is 23.3. The monoisotopic (exact) mass is 517 g/mol. The number of rotatable bonds is 3. The molecule has 1 aromatic carbocycles. The average Bonchev–Trinajstić information content (AvgIpc) is 3.02. The van der Waals surface area contributed by atoms with Crippen molar-refractivity contribution in [3.8, 4) is 0 Å². The van der Waals surface area contributed by atoms with Crippen LogP contribution in [0.25, 0.3) is 10.9 Å². The normalized spacial score (nSPS) is 15.4. The van der Waals surface area contributed by atoms with Gasteiger partial charge in [-0.25, -0.2) is 9.18 Å². The van der Waals surface area contributed by atoms with Crippen LogP contribution in [0.15, 0.2) is 29.4 Å². The average molecular weight is 517 g/mol. The van der Waals surface area contributed by atoms with Gasteiger partial charge in [0.1, 0.15) is 11.4 Å². The quantitative estimate of drug-likeness (QED) is 0.372. The lowest BCUT2D eigenvalue weighted by molar-refractivity contribution is 0.0186. The lowest BCUT2D eigenvalue weighted by Crippen LogP contribution is -2.53. The minimum absolute atomic E-state index is 0. The van der Waals surface area contributed by atoms with Gasteiger partial charge in [0.05, 0.1) is 0 Å². The summed E-state index contributed by atoms with van der Waals surface area (Å²) in [5.74, 6) is 0.225. The van der Waals surface area contributed by atoms with E-state index >= 15 is 0 Å². The van der Waals surface area contributed by atoms with Crippen molar-refractivity contribution in [1.29, 1.82) is 0 Å². The minimum atomic E-state index is -0.497. The van der Waals surface area contributed by atoms with Gasteiger partial charge < -0.3 is 25.3 Å². The van der Waals surface area contributed by atoms with Crippen LogP contribution < -0.4 is 5.73 Å².